The second-order valence-electron chi connectivity index (χ2n) is 1.72. The molecule has 0 aliphatic rings. The zero-order chi connectivity index (χ0) is 10.9. The minimum atomic E-state index is -6.15. The van der Waals surface area contributed by atoms with E-state index in [1.165, 1.54) is 0 Å². The van der Waals surface area contributed by atoms with Crippen LogP contribution < -0.4 is 0 Å². The summed E-state index contributed by atoms with van der Waals surface area (Å²) < 4.78 is 84.8. The molecule has 0 aromatic rings. The van der Waals surface area contributed by atoms with Gasteiger partial charge in [0.1, 0.15) is 0 Å². The number of halogens is 6. The molecule has 0 amide bonds. The average molecular weight is 232 g/mol. The van der Waals surface area contributed by atoms with Crippen LogP contribution >= 0.6 is 7.91 Å². The molecule has 80 valence electrons. The fourth-order valence-electron chi connectivity index (χ4n) is 0.226. The molecule has 0 aromatic heterocycles. The Hall–Kier alpha value is -0.270. The molecular weight excluding hydrogens is 229 g/mol. The van der Waals surface area contributed by atoms with E-state index in [2.05, 4.69) is 9.05 Å². The minimum absolute atomic E-state index is 0.327. The van der Waals surface area contributed by atoms with Crippen LogP contribution in [0.3, 0.4) is 0 Å². The van der Waals surface area contributed by atoms with Crippen molar-refractivity contribution < 1.29 is 39.8 Å². The second-order valence-corrected chi connectivity index (χ2v) is 3.13. The van der Waals surface area contributed by atoms with E-state index in [4.69, 9.17) is 0 Å². The summed E-state index contributed by atoms with van der Waals surface area (Å²) in [6.45, 7) is 0. The molecule has 0 aliphatic heterocycles. The summed E-state index contributed by atoms with van der Waals surface area (Å²) in [7, 11) is -5.53. The third kappa shape index (κ3) is 3.53. The Morgan fingerprint density at radius 1 is 1.15 bits per heavy atom. The molecule has 0 heterocycles. The van der Waals surface area contributed by atoms with Gasteiger partial charge in [0.05, 0.1) is 0 Å². The van der Waals surface area contributed by atoms with Gasteiger partial charge in [-0.05, 0) is 0 Å². The highest BCUT2D eigenvalue weighted by Gasteiger charge is 2.63. The van der Waals surface area contributed by atoms with E-state index in [9.17, 15) is 30.7 Å². The maximum Gasteiger partial charge on any atom is 0.517 e. The van der Waals surface area contributed by atoms with E-state index < -0.39 is 20.2 Å². The van der Waals surface area contributed by atoms with Crippen molar-refractivity contribution >= 4 is 7.91 Å². The van der Waals surface area contributed by atoms with Crippen molar-refractivity contribution in [2.45, 2.75) is 12.3 Å². The van der Waals surface area contributed by atoms with Gasteiger partial charge in [0.25, 0.3) is 0 Å². The lowest BCUT2D eigenvalue weighted by atomic mass is 10.6. The molecule has 0 fully saturated rings. The van der Waals surface area contributed by atoms with Crippen LogP contribution in [0.15, 0.2) is 0 Å². The molecule has 0 saturated carbocycles. The topological polar surface area (TPSA) is 35.5 Å². The summed E-state index contributed by atoms with van der Waals surface area (Å²) in [5.74, 6) is 0. The molecule has 0 aliphatic carbocycles. The van der Waals surface area contributed by atoms with Gasteiger partial charge in [0.15, 0.2) is 0 Å². The lowest BCUT2D eigenvalue weighted by molar-refractivity contribution is -0.364. The van der Waals surface area contributed by atoms with Gasteiger partial charge < -0.3 is 0 Å². The van der Waals surface area contributed by atoms with Crippen LogP contribution in [-0.2, 0) is 13.6 Å². The van der Waals surface area contributed by atoms with Crippen LogP contribution in [0.2, 0.25) is 0 Å². The Kier molecular flexibility index (Phi) is 3.40. The van der Waals surface area contributed by atoms with Crippen molar-refractivity contribution in [2.24, 2.45) is 0 Å². The van der Waals surface area contributed by atoms with Crippen LogP contribution in [0.1, 0.15) is 0 Å². The Morgan fingerprint density at radius 3 is 1.77 bits per heavy atom. The van der Waals surface area contributed by atoms with E-state index >= 15 is 0 Å². The summed E-state index contributed by atoms with van der Waals surface area (Å²) >= 11 is 0. The molecule has 13 heavy (non-hydrogen) atoms. The average Bonchev–Trinajstić information content (AvgIpc) is 1.83. The lowest BCUT2D eigenvalue weighted by Gasteiger charge is -2.19. The zero-order valence-corrected chi connectivity index (χ0v) is 6.83. The smallest absolute Gasteiger partial charge is 0.287 e. The highest BCUT2D eigenvalue weighted by molar-refractivity contribution is 7.48. The Bertz CT molecular complexity index is 224. The van der Waals surface area contributed by atoms with Crippen molar-refractivity contribution in [1.82, 2.24) is 0 Å². The highest BCUT2D eigenvalue weighted by Crippen LogP contribution is 2.56. The van der Waals surface area contributed by atoms with E-state index in [1.54, 1.807) is 0 Å². The van der Waals surface area contributed by atoms with Gasteiger partial charge in [-0.3, -0.25) is 4.52 Å². The molecule has 10 heteroatoms. The highest BCUT2D eigenvalue weighted by atomic mass is 31.2. The van der Waals surface area contributed by atoms with Crippen molar-refractivity contribution in [3.63, 3.8) is 0 Å². The SMILES string of the molecule is COP(=O)(F)OC(F)(F)C(F)(F)F. The standard InChI is InChI=1S/C3H3F6O3P/c1-11-13(9,10)12-3(7,8)2(4,5)6/h1H3. The maximum atomic E-state index is 12.0. The summed E-state index contributed by atoms with van der Waals surface area (Å²) in [6.07, 6.45) is -12.0. The van der Waals surface area contributed by atoms with Crippen molar-refractivity contribution in [3.05, 3.63) is 0 Å². The summed E-state index contributed by atoms with van der Waals surface area (Å²) in [4.78, 5) is 0. The van der Waals surface area contributed by atoms with Gasteiger partial charge >= 0.3 is 20.2 Å². The first kappa shape index (κ1) is 12.7. The van der Waals surface area contributed by atoms with Crippen LogP contribution in [0, 0.1) is 0 Å². The predicted octanol–water partition coefficient (Wildman–Crippen LogP) is 2.88. The van der Waals surface area contributed by atoms with E-state index in [0.717, 1.165) is 0 Å². The normalized spacial score (nSPS) is 18.4. The van der Waals surface area contributed by atoms with Gasteiger partial charge in [-0.25, -0.2) is 9.09 Å². The Balaban J connectivity index is 4.62. The fraction of sp³-hybridized carbons (Fsp3) is 1.00. The first-order valence-electron chi connectivity index (χ1n) is 2.52. The van der Waals surface area contributed by atoms with E-state index in [1.807, 2.05) is 0 Å². The van der Waals surface area contributed by atoms with Gasteiger partial charge in [-0.1, -0.05) is 0 Å². The van der Waals surface area contributed by atoms with Crippen LogP contribution in [0.5, 0.6) is 0 Å². The molecule has 0 aromatic carbocycles. The molecule has 0 bridgehead atoms. The molecule has 0 radical (unpaired) electrons. The first-order chi connectivity index (χ1) is 5.52. The largest absolute Gasteiger partial charge is 0.517 e. The summed E-state index contributed by atoms with van der Waals surface area (Å²) in [6, 6.07) is 0. The fourth-order valence-corrected chi connectivity index (χ4v) is 0.678. The van der Waals surface area contributed by atoms with Gasteiger partial charge in [-0.15, -0.1) is 4.20 Å². The van der Waals surface area contributed by atoms with Crippen LogP contribution in [0.25, 0.3) is 0 Å². The van der Waals surface area contributed by atoms with Gasteiger partial charge in [-0.2, -0.15) is 22.0 Å². The van der Waals surface area contributed by atoms with Crippen molar-refractivity contribution in [3.8, 4) is 0 Å². The van der Waals surface area contributed by atoms with Crippen molar-refractivity contribution in [1.29, 1.82) is 0 Å². The lowest BCUT2D eigenvalue weighted by Crippen LogP contribution is -2.37. The van der Waals surface area contributed by atoms with Crippen molar-refractivity contribution in [2.75, 3.05) is 7.11 Å². The zero-order valence-electron chi connectivity index (χ0n) is 5.94. The third-order valence-electron chi connectivity index (χ3n) is 0.772. The monoisotopic (exact) mass is 232 g/mol. The first-order valence-corrected chi connectivity index (χ1v) is 3.96. The number of alkyl halides is 5. The molecule has 0 saturated heterocycles. The number of rotatable bonds is 3. The second kappa shape index (κ2) is 3.47. The van der Waals surface area contributed by atoms with Gasteiger partial charge in [0, 0.05) is 7.11 Å². The molecular formula is C3H3F6O3P. The van der Waals surface area contributed by atoms with Crippen LogP contribution in [0.4, 0.5) is 26.1 Å². The molecule has 1 unspecified atom stereocenters. The third-order valence-corrected chi connectivity index (χ3v) is 1.66. The molecule has 3 nitrogen and oxygen atoms in total. The summed E-state index contributed by atoms with van der Waals surface area (Å²) in [5, 5.41) is 0. The molecule has 1 atom stereocenters. The molecule has 0 rings (SSSR count). The Labute approximate surface area is 68.3 Å². The molecule has 0 N–H and O–H groups in total. The van der Waals surface area contributed by atoms with Crippen LogP contribution in [-0.4, -0.2) is 19.4 Å². The number of hydrogen-bond acceptors (Lipinski definition) is 3. The van der Waals surface area contributed by atoms with Gasteiger partial charge in [0.2, 0.25) is 0 Å². The number of hydrogen-bond donors (Lipinski definition) is 0. The maximum absolute atomic E-state index is 12.0. The minimum Gasteiger partial charge on any atom is -0.287 e. The van der Waals surface area contributed by atoms with E-state index in [-0.39, 0.29) is 0 Å². The van der Waals surface area contributed by atoms with E-state index in [0.29, 0.717) is 7.11 Å². The predicted molar refractivity (Wildman–Crippen MR) is 27.8 cm³/mol. The quantitative estimate of drug-likeness (QED) is 0.554. The summed E-state index contributed by atoms with van der Waals surface area (Å²) in [5.41, 5.74) is 0. The molecule has 0 spiro atoms. The Morgan fingerprint density at radius 2 is 1.54 bits per heavy atom.